The number of hydrogen-bond acceptors (Lipinski definition) is 2. The van der Waals surface area contributed by atoms with E-state index in [0.717, 1.165) is 25.1 Å². The van der Waals surface area contributed by atoms with Gasteiger partial charge < -0.3 is 10.1 Å². The summed E-state index contributed by atoms with van der Waals surface area (Å²) < 4.78 is 18.3. The Hall–Kier alpha value is -0.930. The first kappa shape index (κ1) is 14.1. The van der Waals surface area contributed by atoms with E-state index < -0.39 is 0 Å². The molecule has 96 valence electrons. The van der Waals surface area contributed by atoms with Gasteiger partial charge in [-0.2, -0.15) is 0 Å². The standard InChI is InChI=1S/C14H22FNO/c1-4-16-14(11(2)8-9-17-3)12-6-5-7-13(15)10-12/h5-7,10-11,14,16H,4,8-9H2,1-3H3. The average Bonchev–Trinajstić information content (AvgIpc) is 2.33. The van der Waals surface area contributed by atoms with Crippen LogP contribution in [0.4, 0.5) is 4.39 Å². The van der Waals surface area contributed by atoms with Gasteiger partial charge in [0.25, 0.3) is 0 Å². The summed E-state index contributed by atoms with van der Waals surface area (Å²) in [4.78, 5) is 0. The van der Waals surface area contributed by atoms with Crippen LogP contribution in [-0.4, -0.2) is 20.3 Å². The Bertz CT molecular complexity index is 330. The molecule has 0 spiro atoms. The molecule has 3 heteroatoms. The molecule has 2 nitrogen and oxygen atoms in total. The molecule has 0 saturated carbocycles. The summed E-state index contributed by atoms with van der Waals surface area (Å²) in [7, 11) is 1.71. The Labute approximate surface area is 103 Å². The zero-order valence-corrected chi connectivity index (χ0v) is 10.9. The van der Waals surface area contributed by atoms with Gasteiger partial charge in [0.1, 0.15) is 5.82 Å². The molecule has 1 aromatic rings. The molecule has 0 fully saturated rings. The first-order valence-electron chi connectivity index (χ1n) is 6.16. The van der Waals surface area contributed by atoms with Gasteiger partial charge in [0.05, 0.1) is 0 Å². The molecule has 0 bridgehead atoms. The maximum atomic E-state index is 13.2. The van der Waals surface area contributed by atoms with Gasteiger partial charge >= 0.3 is 0 Å². The Morgan fingerprint density at radius 3 is 2.76 bits per heavy atom. The largest absolute Gasteiger partial charge is 0.385 e. The monoisotopic (exact) mass is 239 g/mol. The fourth-order valence-corrected chi connectivity index (χ4v) is 2.04. The number of nitrogens with one attached hydrogen (secondary N) is 1. The number of rotatable bonds is 7. The van der Waals surface area contributed by atoms with Crippen LogP contribution in [0.15, 0.2) is 24.3 Å². The molecule has 0 amide bonds. The van der Waals surface area contributed by atoms with Crippen molar-refractivity contribution in [2.45, 2.75) is 26.3 Å². The zero-order valence-electron chi connectivity index (χ0n) is 10.9. The van der Waals surface area contributed by atoms with Gasteiger partial charge in [-0.1, -0.05) is 26.0 Å². The molecule has 0 radical (unpaired) electrons. The summed E-state index contributed by atoms with van der Waals surface area (Å²) in [5.41, 5.74) is 1.01. The summed E-state index contributed by atoms with van der Waals surface area (Å²) in [5, 5.41) is 3.41. The molecule has 0 aliphatic rings. The molecule has 1 aromatic carbocycles. The Morgan fingerprint density at radius 1 is 1.41 bits per heavy atom. The Morgan fingerprint density at radius 2 is 2.18 bits per heavy atom. The summed E-state index contributed by atoms with van der Waals surface area (Å²) >= 11 is 0. The van der Waals surface area contributed by atoms with Crippen molar-refractivity contribution in [3.05, 3.63) is 35.6 Å². The highest BCUT2D eigenvalue weighted by Crippen LogP contribution is 2.24. The van der Waals surface area contributed by atoms with Crippen molar-refractivity contribution in [2.75, 3.05) is 20.3 Å². The van der Waals surface area contributed by atoms with Gasteiger partial charge in [-0.15, -0.1) is 0 Å². The summed E-state index contributed by atoms with van der Waals surface area (Å²) in [6.07, 6.45) is 0.963. The molecule has 0 aromatic heterocycles. The average molecular weight is 239 g/mol. The highest BCUT2D eigenvalue weighted by molar-refractivity contribution is 5.20. The first-order chi connectivity index (χ1) is 8.19. The molecule has 0 saturated heterocycles. The van der Waals surface area contributed by atoms with Crippen LogP contribution in [0.5, 0.6) is 0 Å². The van der Waals surface area contributed by atoms with Crippen molar-refractivity contribution in [2.24, 2.45) is 5.92 Å². The molecule has 1 rings (SSSR count). The topological polar surface area (TPSA) is 21.3 Å². The number of halogens is 1. The van der Waals surface area contributed by atoms with E-state index in [0.29, 0.717) is 5.92 Å². The van der Waals surface area contributed by atoms with Gasteiger partial charge in [-0.25, -0.2) is 4.39 Å². The van der Waals surface area contributed by atoms with Crippen LogP contribution in [0.2, 0.25) is 0 Å². The van der Waals surface area contributed by atoms with Gasteiger partial charge in [-0.05, 0) is 36.6 Å². The molecule has 1 N–H and O–H groups in total. The number of benzene rings is 1. The molecule has 17 heavy (non-hydrogen) atoms. The minimum Gasteiger partial charge on any atom is -0.385 e. The van der Waals surface area contributed by atoms with E-state index in [9.17, 15) is 4.39 Å². The van der Waals surface area contributed by atoms with E-state index in [2.05, 4.69) is 19.2 Å². The van der Waals surface area contributed by atoms with Crippen LogP contribution in [0.1, 0.15) is 31.9 Å². The van der Waals surface area contributed by atoms with Crippen LogP contribution in [0, 0.1) is 11.7 Å². The van der Waals surface area contributed by atoms with Crippen molar-refractivity contribution in [1.82, 2.24) is 5.32 Å². The Kier molecular flexibility index (Phi) is 6.16. The molecular weight excluding hydrogens is 217 g/mol. The van der Waals surface area contributed by atoms with Crippen molar-refractivity contribution in [1.29, 1.82) is 0 Å². The first-order valence-corrected chi connectivity index (χ1v) is 6.16. The smallest absolute Gasteiger partial charge is 0.123 e. The third kappa shape index (κ3) is 4.44. The number of hydrogen-bond donors (Lipinski definition) is 1. The number of ether oxygens (including phenoxy) is 1. The van der Waals surface area contributed by atoms with Crippen molar-refractivity contribution in [3.63, 3.8) is 0 Å². The SMILES string of the molecule is CCNC(c1cccc(F)c1)C(C)CCOC. The van der Waals surface area contributed by atoms with E-state index in [1.54, 1.807) is 19.2 Å². The predicted octanol–water partition coefficient (Wildman–Crippen LogP) is 3.15. The normalized spacial score (nSPS) is 14.6. The second kappa shape index (κ2) is 7.41. The van der Waals surface area contributed by atoms with Crippen molar-refractivity contribution >= 4 is 0 Å². The van der Waals surface area contributed by atoms with Crippen molar-refractivity contribution in [3.8, 4) is 0 Å². The third-order valence-corrected chi connectivity index (χ3v) is 2.98. The lowest BCUT2D eigenvalue weighted by atomic mass is 9.92. The summed E-state index contributed by atoms with van der Waals surface area (Å²) in [6, 6.07) is 7.01. The lowest BCUT2D eigenvalue weighted by molar-refractivity contribution is 0.170. The quantitative estimate of drug-likeness (QED) is 0.789. The van der Waals surface area contributed by atoms with E-state index in [1.807, 2.05) is 6.07 Å². The second-order valence-electron chi connectivity index (χ2n) is 4.35. The third-order valence-electron chi connectivity index (χ3n) is 2.98. The maximum Gasteiger partial charge on any atom is 0.123 e. The maximum absolute atomic E-state index is 13.2. The van der Waals surface area contributed by atoms with Crippen LogP contribution >= 0.6 is 0 Å². The molecule has 0 aliphatic carbocycles. The zero-order chi connectivity index (χ0) is 12.7. The number of methoxy groups -OCH3 is 1. The highest BCUT2D eigenvalue weighted by atomic mass is 19.1. The van der Waals surface area contributed by atoms with E-state index in [4.69, 9.17) is 4.74 Å². The summed E-state index contributed by atoms with van der Waals surface area (Å²) in [5.74, 6) is 0.237. The van der Waals surface area contributed by atoms with Crippen LogP contribution in [0.25, 0.3) is 0 Å². The molecule has 2 atom stereocenters. The molecule has 2 unspecified atom stereocenters. The molecule has 0 heterocycles. The predicted molar refractivity (Wildman–Crippen MR) is 68.5 cm³/mol. The van der Waals surface area contributed by atoms with Gasteiger partial charge in [0, 0.05) is 19.8 Å². The van der Waals surface area contributed by atoms with Crippen LogP contribution in [0.3, 0.4) is 0 Å². The fraction of sp³-hybridized carbons (Fsp3) is 0.571. The van der Waals surface area contributed by atoms with Crippen LogP contribution in [-0.2, 0) is 4.74 Å². The fourth-order valence-electron chi connectivity index (χ4n) is 2.04. The van der Waals surface area contributed by atoms with Gasteiger partial charge in [-0.3, -0.25) is 0 Å². The van der Waals surface area contributed by atoms with E-state index in [-0.39, 0.29) is 11.9 Å². The lowest BCUT2D eigenvalue weighted by Gasteiger charge is -2.25. The molecule has 0 aliphatic heterocycles. The van der Waals surface area contributed by atoms with Gasteiger partial charge in [0.15, 0.2) is 0 Å². The Balaban J connectivity index is 2.77. The highest BCUT2D eigenvalue weighted by Gasteiger charge is 2.18. The molecular formula is C14H22FNO. The minimum absolute atomic E-state index is 0.177. The van der Waals surface area contributed by atoms with E-state index in [1.165, 1.54) is 6.07 Å². The van der Waals surface area contributed by atoms with E-state index >= 15 is 0 Å². The minimum atomic E-state index is -0.177. The van der Waals surface area contributed by atoms with Gasteiger partial charge in [0.2, 0.25) is 0 Å². The van der Waals surface area contributed by atoms with Crippen LogP contribution < -0.4 is 5.32 Å². The summed E-state index contributed by atoms with van der Waals surface area (Å²) in [6.45, 7) is 5.84. The lowest BCUT2D eigenvalue weighted by Crippen LogP contribution is -2.27. The van der Waals surface area contributed by atoms with Crippen molar-refractivity contribution < 1.29 is 9.13 Å². The second-order valence-corrected chi connectivity index (χ2v) is 4.35.